The molecule has 0 spiro atoms. The summed E-state index contributed by atoms with van der Waals surface area (Å²) in [5.41, 5.74) is 2.33. The van der Waals surface area contributed by atoms with Gasteiger partial charge in [-0.1, -0.05) is 51.9 Å². The number of nitrogens with one attached hydrogen (secondary N) is 2. The molecule has 10 heteroatoms. The molecule has 0 radical (unpaired) electrons. The normalized spacial score (nSPS) is 18.9. The quantitative estimate of drug-likeness (QED) is 0.160. The fourth-order valence-electron chi connectivity index (χ4n) is 4.44. The van der Waals surface area contributed by atoms with Crippen LogP contribution in [0.1, 0.15) is 84.0 Å². The third kappa shape index (κ3) is 18.9. The first-order chi connectivity index (χ1) is 17.0. The van der Waals surface area contributed by atoms with Crippen LogP contribution in [0.4, 0.5) is 4.79 Å². The van der Waals surface area contributed by atoms with Crippen molar-refractivity contribution in [1.82, 2.24) is 20.6 Å². The maximum Gasteiger partial charge on any atom is 0.338 e. The van der Waals surface area contributed by atoms with Gasteiger partial charge in [-0.15, -0.1) is 0 Å². The molecule has 2 atom stereocenters. The van der Waals surface area contributed by atoms with Crippen molar-refractivity contribution in [3.63, 3.8) is 0 Å². The Bertz CT molecular complexity index is 491. The zero-order chi connectivity index (χ0) is 25.6. The molecular weight excluding hydrogens is 450 g/mol. The van der Waals surface area contributed by atoms with Gasteiger partial charge in [-0.2, -0.15) is 0 Å². The minimum atomic E-state index is -0.563. The fraction of sp³-hybridized carbons (Fsp3) is 0.960. The van der Waals surface area contributed by atoms with Gasteiger partial charge in [-0.05, 0) is 58.3 Å². The van der Waals surface area contributed by atoms with Gasteiger partial charge in [-0.3, -0.25) is 4.84 Å². The smallest absolute Gasteiger partial charge is 0.338 e. The van der Waals surface area contributed by atoms with E-state index in [0.29, 0.717) is 19.6 Å². The molecule has 35 heavy (non-hydrogen) atoms. The number of hydrogen-bond donors (Lipinski definition) is 5. The van der Waals surface area contributed by atoms with Crippen molar-refractivity contribution >= 4 is 6.03 Å². The molecule has 0 aromatic heterocycles. The Morgan fingerprint density at radius 3 is 1.89 bits per heavy atom. The van der Waals surface area contributed by atoms with Gasteiger partial charge in [0.15, 0.2) is 0 Å². The van der Waals surface area contributed by atoms with Crippen LogP contribution in [0.2, 0.25) is 0 Å². The molecular formula is C25H53N5O5. The van der Waals surface area contributed by atoms with Gasteiger partial charge in [0.1, 0.15) is 6.61 Å². The Morgan fingerprint density at radius 2 is 1.34 bits per heavy atom. The monoisotopic (exact) mass is 503 g/mol. The number of likely N-dealkylation sites (tertiary alicyclic amines) is 2. The first-order valence-corrected chi connectivity index (χ1v) is 13.8. The van der Waals surface area contributed by atoms with Crippen molar-refractivity contribution in [2.75, 3.05) is 59.0 Å². The lowest BCUT2D eigenvalue weighted by atomic mass is 10.1. The number of hydroxylamine groups is 1. The molecule has 2 unspecified atom stereocenters. The number of aliphatic hydroxyl groups is 2. The standard InChI is InChI=1S/C17H35N3O3.C8H18N2O2/c1-2-3-4-5-6-8-11-18-17(22)19-23-15-16(21)14-20-12-9-7-10-13-20;9-12-7-8(11)6-10-4-2-1-3-5-10/h16,21H,2-15H2,1H3,(H2,18,19,22);8,11H,1-7,9H2. The molecule has 2 fully saturated rings. The second-order valence-electron chi connectivity index (χ2n) is 9.80. The highest BCUT2D eigenvalue weighted by atomic mass is 16.7. The van der Waals surface area contributed by atoms with Crippen LogP contribution in [0.5, 0.6) is 0 Å². The molecule has 0 bridgehead atoms. The minimum absolute atomic E-state index is 0.126. The first-order valence-electron chi connectivity index (χ1n) is 13.8. The summed E-state index contributed by atoms with van der Waals surface area (Å²) in [5, 5.41) is 22.0. The summed E-state index contributed by atoms with van der Waals surface area (Å²) in [7, 11) is 0. The summed E-state index contributed by atoms with van der Waals surface area (Å²) in [4.78, 5) is 25.5. The van der Waals surface area contributed by atoms with Gasteiger partial charge < -0.3 is 30.2 Å². The van der Waals surface area contributed by atoms with Gasteiger partial charge in [0.05, 0.1) is 18.8 Å². The molecule has 2 aliphatic heterocycles. The summed E-state index contributed by atoms with van der Waals surface area (Å²) in [6, 6.07) is -0.330. The molecule has 2 heterocycles. The van der Waals surface area contributed by atoms with Crippen LogP contribution in [0, 0.1) is 0 Å². The lowest BCUT2D eigenvalue weighted by Crippen LogP contribution is -2.41. The van der Waals surface area contributed by atoms with Crippen LogP contribution in [0.15, 0.2) is 0 Å². The number of nitrogens with zero attached hydrogens (tertiary/aromatic N) is 2. The van der Waals surface area contributed by atoms with E-state index in [9.17, 15) is 15.0 Å². The SMILES string of the molecule is CCCCCCCCNC(=O)NOCC(O)CN1CCCCC1.NOCC(O)CN1CCCCC1. The molecule has 0 saturated carbocycles. The van der Waals surface area contributed by atoms with E-state index >= 15 is 0 Å². The molecule has 2 saturated heterocycles. The van der Waals surface area contributed by atoms with Crippen LogP contribution in [0.3, 0.4) is 0 Å². The number of carbonyl (C=O) groups excluding carboxylic acids is 1. The van der Waals surface area contributed by atoms with Crippen molar-refractivity contribution < 1.29 is 24.7 Å². The second-order valence-corrected chi connectivity index (χ2v) is 9.80. The number of piperidine rings is 2. The summed E-state index contributed by atoms with van der Waals surface area (Å²) in [5.74, 6) is 4.86. The van der Waals surface area contributed by atoms with Crippen LogP contribution >= 0.6 is 0 Å². The highest BCUT2D eigenvalue weighted by molar-refractivity contribution is 5.72. The van der Waals surface area contributed by atoms with E-state index in [0.717, 1.165) is 39.0 Å². The predicted molar refractivity (Wildman–Crippen MR) is 139 cm³/mol. The van der Waals surface area contributed by atoms with Crippen molar-refractivity contribution in [1.29, 1.82) is 0 Å². The maximum atomic E-state index is 11.5. The molecule has 0 aromatic carbocycles. The van der Waals surface area contributed by atoms with Gasteiger partial charge in [0.2, 0.25) is 0 Å². The van der Waals surface area contributed by atoms with Crippen molar-refractivity contribution in [2.24, 2.45) is 5.90 Å². The second kappa shape index (κ2) is 22.2. The number of carbonyl (C=O) groups is 1. The van der Waals surface area contributed by atoms with Crippen LogP contribution < -0.4 is 16.7 Å². The fourth-order valence-corrected chi connectivity index (χ4v) is 4.44. The van der Waals surface area contributed by atoms with Crippen molar-refractivity contribution in [3.8, 4) is 0 Å². The highest BCUT2D eigenvalue weighted by Gasteiger charge is 2.15. The largest absolute Gasteiger partial charge is 0.389 e. The van der Waals surface area contributed by atoms with Crippen molar-refractivity contribution in [2.45, 2.75) is 96.2 Å². The maximum absolute atomic E-state index is 11.5. The molecule has 2 rings (SSSR count). The number of nitrogens with two attached hydrogens (primary N) is 1. The van der Waals surface area contributed by atoms with Gasteiger partial charge in [0, 0.05) is 19.6 Å². The van der Waals surface area contributed by atoms with E-state index in [1.807, 2.05) is 0 Å². The van der Waals surface area contributed by atoms with E-state index in [1.165, 1.54) is 64.2 Å². The number of amides is 2. The molecule has 0 aromatic rings. The Hall–Kier alpha value is -1.01. The Labute approximate surface area is 212 Å². The topological polar surface area (TPSA) is 133 Å². The Morgan fingerprint density at radius 1 is 0.829 bits per heavy atom. The van der Waals surface area contributed by atoms with E-state index in [2.05, 4.69) is 32.4 Å². The van der Waals surface area contributed by atoms with Gasteiger partial charge in [-0.25, -0.2) is 16.2 Å². The van der Waals surface area contributed by atoms with E-state index in [4.69, 9.17) is 10.7 Å². The number of aliphatic hydroxyl groups excluding tert-OH is 2. The minimum Gasteiger partial charge on any atom is -0.389 e. The molecule has 0 aliphatic carbocycles. The van der Waals surface area contributed by atoms with Crippen LogP contribution in [0.25, 0.3) is 0 Å². The van der Waals surface area contributed by atoms with Gasteiger partial charge >= 0.3 is 6.03 Å². The molecule has 2 amide bonds. The summed E-state index contributed by atoms with van der Waals surface area (Å²) >= 11 is 0. The molecule has 208 valence electrons. The Balaban J connectivity index is 0.000000427. The number of β-amino-alcohol motifs (C(OH)–C–C–N with tert-alkyl or cyclic N) is 2. The average molecular weight is 504 g/mol. The molecule has 10 nitrogen and oxygen atoms in total. The van der Waals surface area contributed by atoms with Gasteiger partial charge in [0.25, 0.3) is 0 Å². The van der Waals surface area contributed by atoms with E-state index < -0.39 is 12.2 Å². The third-order valence-electron chi connectivity index (χ3n) is 6.38. The Kier molecular flexibility index (Phi) is 20.3. The molecule has 2 aliphatic rings. The number of rotatable bonds is 16. The third-order valence-corrected chi connectivity index (χ3v) is 6.38. The molecule has 6 N–H and O–H groups in total. The van der Waals surface area contributed by atoms with Crippen LogP contribution in [-0.2, 0) is 9.68 Å². The lowest BCUT2D eigenvalue weighted by molar-refractivity contribution is -0.0174. The number of hydrogen-bond acceptors (Lipinski definition) is 8. The highest BCUT2D eigenvalue weighted by Crippen LogP contribution is 2.09. The zero-order valence-electron chi connectivity index (χ0n) is 22.1. The zero-order valence-corrected chi connectivity index (χ0v) is 22.1. The van der Waals surface area contributed by atoms with Crippen LogP contribution in [-0.4, -0.2) is 97.3 Å². The summed E-state index contributed by atoms with van der Waals surface area (Å²) in [6.07, 6.45) is 13.7. The van der Waals surface area contributed by atoms with E-state index in [-0.39, 0.29) is 19.2 Å². The van der Waals surface area contributed by atoms with E-state index in [1.54, 1.807) is 0 Å². The number of urea groups is 1. The lowest BCUT2D eigenvalue weighted by Gasteiger charge is -2.28. The van der Waals surface area contributed by atoms with Crippen molar-refractivity contribution in [3.05, 3.63) is 0 Å². The summed E-state index contributed by atoms with van der Waals surface area (Å²) < 4.78 is 0. The number of unbranched alkanes of at least 4 members (excludes halogenated alkanes) is 5. The summed E-state index contributed by atoms with van der Waals surface area (Å²) in [6.45, 7) is 8.82. The average Bonchev–Trinajstić information content (AvgIpc) is 2.85. The predicted octanol–water partition coefficient (Wildman–Crippen LogP) is 2.15. The first kappa shape index (κ1) is 32.0.